The Morgan fingerprint density at radius 3 is 2.68 bits per heavy atom. The second kappa shape index (κ2) is 9.82. The third-order valence-electron chi connectivity index (χ3n) is 4.30. The number of rotatable bonds is 8. The van der Waals surface area contributed by atoms with Gasteiger partial charge in [-0.05, 0) is 39.2 Å². The molecule has 0 unspecified atom stereocenters. The number of hydrogen-bond donors (Lipinski definition) is 2. The number of amides is 3. The van der Waals surface area contributed by atoms with E-state index in [1.807, 2.05) is 33.8 Å². The Morgan fingerprint density at radius 2 is 1.96 bits per heavy atom. The number of carbonyl (C=O) groups excluding carboxylic acids is 3. The van der Waals surface area contributed by atoms with Crippen LogP contribution in [-0.4, -0.2) is 45.7 Å². The molecular formula is C19H27N5O4. The van der Waals surface area contributed by atoms with Gasteiger partial charge in [0.25, 0.3) is 5.91 Å². The fourth-order valence-corrected chi connectivity index (χ4v) is 2.83. The van der Waals surface area contributed by atoms with E-state index in [0.717, 1.165) is 41.1 Å². The number of fused-ring (bicyclic) bond motifs is 1. The molecule has 2 N–H and O–H groups in total. The molecule has 0 atom stereocenters. The van der Waals surface area contributed by atoms with Crippen molar-refractivity contribution in [2.24, 2.45) is 0 Å². The molecule has 0 aliphatic carbocycles. The van der Waals surface area contributed by atoms with E-state index in [1.54, 1.807) is 4.52 Å². The van der Waals surface area contributed by atoms with Gasteiger partial charge in [0.1, 0.15) is 0 Å². The first-order valence-electron chi connectivity index (χ1n) is 9.37. The lowest BCUT2D eigenvalue weighted by Gasteiger charge is -2.11. The lowest BCUT2D eigenvalue weighted by Crippen LogP contribution is -2.41. The van der Waals surface area contributed by atoms with Crippen LogP contribution in [0.15, 0.2) is 6.07 Å². The molecule has 3 amide bonds. The Labute approximate surface area is 163 Å². The zero-order valence-electron chi connectivity index (χ0n) is 16.8. The van der Waals surface area contributed by atoms with Crippen molar-refractivity contribution in [1.82, 2.24) is 25.2 Å². The minimum atomic E-state index is -0.662. The van der Waals surface area contributed by atoms with Gasteiger partial charge in [-0.15, -0.1) is 0 Å². The van der Waals surface area contributed by atoms with Crippen LogP contribution in [0.3, 0.4) is 0 Å². The number of aromatic nitrogens is 3. The predicted molar refractivity (Wildman–Crippen MR) is 103 cm³/mol. The molecule has 0 saturated heterocycles. The predicted octanol–water partition coefficient (Wildman–Crippen LogP) is 1.76. The van der Waals surface area contributed by atoms with Crippen molar-refractivity contribution in [1.29, 1.82) is 0 Å². The SMILES string of the molecule is CCCCNC(=O)NC(=O)COC(=O)CCc1c(C)nc2cc(C)nn2c1C. The molecule has 2 aromatic rings. The molecule has 2 rings (SSSR count). The zero-order chi connectivity index (χ0) is 20.7. The maximum absolute atomic E-state index is 12.0. The highest BCUT2D eigenvalue weighted by Crippen LogP contribution is 2.17. The average Bonchev–Trinajstić information content (AvgIpc) is 3.00. The van der Waals surface area contributed by atoms with Crippen LogP contribution < -0.4 is 10.6 Å². The Kier molecular flexibility index (Phi) is 7.48. The molecule has 0 fully saturated rings. The van der Waals surface area contributed by atoms with Gasteiger partial charge in [0.2, 0.25) is 0 Å². The van der Waals surface area contributed by atoms with Crippen LogP contribution in [0.5, 0.6) is 0 Å². The maximum Gasteiger partial charge on any atom is 0.321 e. The van der Waals surface area contributed by atoms with Crippen LogP contribution in [0, 0.1) is 20.8 Å². The Bertz CT molecular complexity index is 875. The highest BCUT2D eigenvalue weighted by Gasteiger charge is 2.15. The van der Waals surface area contributed by atoms with Gasteiger partial charge >= 0.3 is 12.0 Å². The van der Waals surface area contributed by atoms with Crippen molar-refractivity contribution in [3.05, 3.63) is 28.7 Å². The second-order valence-electron chi connectivity index (χ2n) is 6.64. The first-order chi connectivity index (χ1) is 13.3. The number of esters is 1. The zero-order valence-corrected chi connectivity index (χ0v) is 16.8. The van der Waals surface area contributed by atoms with Crippen LogP contribution in [0.1, 0.15) is 48.8 Å². The molecule has 2 aromatic heterocycles. The summed E-state index contributed by atoms with van der Waals surface area (Å²) in [6.45, 7) is 7.71. The lowest BCUT2D eigenvalue weighted by atomic mass is 10.1. The summed E-state index contributed by atoms with van der Waals surface area (Å²) < 4.78 is 6.71. The second-order valence-corrected chi connectivity index (χ2v) is 6.64. The number of aryl methyl sites for hydroxylation is 3. The monoisotopic (exact) mass is 389 g/mol. The Balaban J connectivity index is 1.82. The van der Waals surface area contributed by atoms with Gasteiger partial charge in [0.15, 0.2) is 12.3 Å². The number of unbranched alkanes of at least 4 members (excludes halogenated alkanes) is 1. The van der Waals surface area contributed by atoms with Gasteiger partial charge < -0.3 is 10.1 Å². The van der Waals surface area contributed by atoms with Crippen LogP contribution >= 0.6 is 0 Å². The first kappa shape index (κ1) is 21.3. The molecule has 152 valence electrons. The summed E-state index contributed by atoms with van der Waals surface area (Å²) in [7, 11) is 0. The van der Waals surface area contributed by atoms with Crippen molar-refractivity contribution >= 4 is 23.6 Å². The summed E-state index contributed by atoms with van der Waals surface area (Å²) in [6.07, 6.45) is 2.30. The molecule has 0 saturated carbocycles. The normalized spacial score (nSPS) is 10.7. The molecule has 0 aromatic carbocycles. The van der Waals surface area contributed by atoms with Crippen LogP contribution in [-0.2, 0) is 20.7 Å². The van der Waals surface area contributed by atoms with Gasteiger partial charge in [-0.3, -0.25) is 14.9 Å². The van der Waals surface area contributed by atoms with Crippen LogP contribution in [0.25, 0.3) is 5.65 Å². The van der Waals surface area contributed by atoms with E-state index >= 15 is 0 Å². The molecule has 28 heavy (non-hydrogen) atoms. The van der Waals surface area contributed by atoms with Gasteiger partial charge in [0.05, 0.1) is 5.69 Å². The maximum atomic E-state index is 12.0. The van der Waals surface area contributed by atoms with E-state index in [-0.39, 0.29) is 6.42 Å². The fraction of sp³-hybridized carbons (Fsp3) is 0.526. The van der Waals surface area contributed by atoms with E-state index in [1.165, 1.54) is 0 Å². The van der Waals surface area contributed by atoms with Crippen molar-refractivity contribution in [3.63, 3.8) is 0 Å². The summed E-state index contributed by atoms with van der Waals surface area (Å²) in [5.74, 6) is -1.18. The average molecular weight is 389 g/mol. The summed E-state index contributed by atoms with van der Waals surface area (Å²) in [6, 6.07) is 1.31. The highest BCUT2D eigenvalue weighted by molar-refractivity contribution is 5.95. The minimum absolute atomic E-state index is 0.102. The minimum Gasteiger partial charge on any atom is -0.456 e. The van der Waals surface area contributed by atoms with E-state index in [2.05, 4.69) is 20.7 Å². The van der Waals surface area contributed by atoms with E-state index in [4.69, 9.17) is 4.74 Å². The number of carbonyl (C=O) groups is 3. The number of nitrogens with zero attached hydrogens (tertiary/aromatic N) is 3. The summed E-state index contributed by atoms with van der Waals surface area (Å²) in [5.41, 5.74) is 4.32. The molecule has 0 bridgehead atoms. The molecule has 9 nitrogen and oxygen atoms in total. The first-order valence-corrected chi connectivity index (χ1v) is 9.37. The Morgan fingerprint density at radius 1 is 1.21 bits per heavy atom. The highest BCUT2D eigenvalue weighted by atomic mass is 16.5. The van der Waals surface area contributed by atoms with Gasteiger partial charge in [-0.25, -0.2) is 14.3 Å². The summed E-state index contributed by atoms with van der Waals surface area (Å²) >= 11 is 0. The molecule has 0 spiro atoms. The van der Waals surface area contributed by atoms with Crippen LogP contribution in [0.2, 0.25) is 0 Å². The number of ether oxygens (including phenoxy) is 1. The molecule has 2 heterocycles. The third kappa shape index (κ3) is 5.77. The summed E-state index contributed by atoms with van der Waals surface area (Å²) in [4.78, 5) is 39.6. The third-order valence-corrected chi connectivity index (χ3v) is 4.30. The number of urea groups is 1. The van der Waals surface area contributed by atoms with Gasteiger partial charge in [-0.2, -0.15) is 5.10 Å². The Hall–Kier alpha value is -2.97. The lowest BCUT2D eigenvalue weighted by molar-refractivity contribution is -0.148. The largest absolute Gasteiger partial charge is 0.456 e. The molecular weight excluding hydrogens is 362 g/mol. The number of imide groups is 1. The number of nitrogens with one attached hydrogen (secondary N) is 2. The van der Waals surface area contributed by atoms with Crippen LogP contribution in [0.4, 0.5) is 4.79 Å². The van der Waals surface area contributed by atoms with E-state index in [9.17, 15) is 14.4 Å². The quantitative estimate of drug-likeness (QED) is 0.525. The van der Waals surface area contributed by atoms with Gasteiger partial charge in [0, 0.05) is 30.4 Å². The molecule has 0 radical (unpaired) electrons. The fourth-order valence-electron chi connectivity index (χ4n) is 2.83. The topological polar surface area (TPSA) is 115 Å². The van der Waals surface area contributed by atoms with Crippen molar-refractivity contribution in [3.8, 4) is 0 Å². The van der Waals surface area contributed by atoms with Gasteiger partial charge in [-0.1, -0.05) is 13.3 Å². The van der Waals surface area contributed by atoms with Crippen molar-refractivity contribution in [2.75, 3.05) is 13.2 Å². The molecule has 0 aliphatic rings. The molecule has 0 aliphatic heterocycles. The number of hydrogen-bond acceptors (Lipinski definition) is 6. The molecule has 9 heteroatoms. The van der Waals surface area contributed by atoms with Crippen molar-refractivity contribution < 1.29 is 19.1 Å². The van der Waals surface area contributed by atoms with Crippen molar-refractivity contribution in [2.45, 2.75) is 53.4 Å². The smallest absolute Gasteiger partial charge is 0.321 e. The van der Waals surface area contributed by atoms with E-state index < -0.39 is 24.5 Å². The standard InChI is InChI=1S/C19H27N5O4/c1-5-6-9-20-19(27)22-17(25)11-28-18(26)8-7-15-13(3)21-16-10-12(2)23-24(16)14(15)4/h10H,5-9,11H2,1-4H3,(H2,20,22,25,27). The summed E-state index contributed by atoms with van der Waals surface area (Å²) in [5, 5.41) is 9.07. The van der Waals surface area contributed by atoms with E-state index in [0.29, 0.717) is 13.0 Å².